The number of para-hydroxylation sites is 1. The van der Waals surface area contributed by atoms with E-state index in [-0.39, 0.29) is 12.2 Å². The first-order valence-corrected chi connectivity index (χ1v) is 9.62. The van der Waals surface area contributed by atoms with Crippen LogP contribution in [0.5, 0.6) is 0 Å². The summed E-state index contributed by atoms with van der Waals surface area (Å²) in [5, 5.41) is 18.8. The number of benzene rings is 2. The van der Waals surface area contributed by atoms with Crippen LogP contribution in [-0.2, 0) is 20.7 Å². The predicted molar refractivity (Wildman–Crippen MR) is 113 cm³/mol. The van der Waals surface area contributed by atoms with Gasteiger partial charge in [0, 0.05) is 35.9 Å². The fourth-order valence-electron chi connectivity index (χ4n) is 3.02. The molecule has 3 aromatic rings. The molecule has 0 aliphatic heterocycles. The Kier molecular flexibility index (Phi) is 8.31. The molecule has 0 saturated heterocycles. The number of rotatable bonds is 8. The molecule has 7 nitrogen and oxygen atoms in total. The highest BCUT2D eigenvalue weighted by Gasteiger charge is 2.27. The van der Waals surface area contributed by atoms with Gasteiger partial charge in [0.1, 0.15) is 0 Å². The van der Waals surface area contributed by atoms with Crippen molar-refractivity contribution in [2.75, 3.05) is 13.2 Å². The minimum atomic E-state index is -1.53. The maximum atomic E-state index is 12.7. The Labute approximate surface area is 174 Å². The number of fused-ring (bicyclic) bond motifs is 1. The molecule has 0 saturated carbocycles. The third-order valence-electron chi connectivity index (χ3n) is 4.51. The summed E-state index contributed by atoms with van der Waals surface area (Å²) in [5.74, 6) is -4.48. The fourth-order valence-corrected chi connectivity index (χ4v) is 3.02. The number of aromatic amines is 1. The Morgan fingerprint density at radius 2 is 1.57 bits per heavy atom. The number of carboxylic acid groups (broad SMARTS) is 2. The Morgan fingerprint density at radius 1 is 0.933 bits per heavy atom. The summed E-state index contributed by atoms with van der Waals surface area (Å²) in [4.78, 5) is 37.9. The van der Waals surface area contributed by atoms with Gasteiger partial charge in [0.2, 0.25) is 0 Å². The second-order valence-corrected chi connectivity index (χ2v) is 6.45. The lowest BCUT2D eigenvalue weighted by Crippen LogP contribution is -2.25. The number of nitrogens with one attached hydrogen (secondary N) is 1. The van der Waals surface area contributed by atoms with Gasteiger partial charge in [0.25, 0.3) is 0 Å². The highest BCUT2D eigenvalue weighted by molar-refractivity contribution is 6.16. The number of hydrogen-bond donors (Lipinski definition) is 3. The number of hydrogen-bond acceptors (Lipinski definition) is 4. The summed E-state index contributed by atoms with van der Waals surface area (Å²) >= 11 is 0. The standard InChI is InChI=1S/C19H15NO5.C4H10O/c21-17(11-5-2-1-3-6-11)14-8-4-7-13-12(10-20-16(13)14)9-15(18(22)23)19(24)25;1-3-5-4-2/h1-8,10,15,20H,9H2,(H,22,23)(H,24,25);3-4H2,1-2H3. The van der Waals surface area contributed by atoms with Crippen molar-refractivity contribution in [3.8, 4) is 0 Å². The van der Waals surface area contributed by atoms with Crippen molar-refractivity contribution in [3.05, 3.63) is 71.4 Å². The largest absolute Gasteiger partial charge is 0.481 e. The highest BCUT2D eigenvalue weighted by atomic mass is 16.5. The van der Waals surface area contributed by atoms with E-state index in [0.29, 0.717) is 27.6 Å². The van der Waals surface area contributed by atoms with Crippen molar-refractivity contribution < 1.29 is 29.3 Å². The average molecular weight is 411 g/mol. The zero-order chi connectivity index (χ0) is 22.1. The summed E-state index contributed by atoms with van der Waals surface area (Å²) < 4.78 is 4.83. The zero-order valence-corrected chi connectivity index (χ0v) is 16.9. The van der Waals surface area contributed by atoms with Crippen LogP contribution in [0.15, 0.2) is 54.7 Å². The normalized spacial score (nSPS) is 10.5. The molecule has 0 radical (unpaired) electrons. The molecule has 0 atom stereocenters. The summed E-state index contributed by atoms with van der Waals surface area (Å²) in [5.41, 5.74) is 2.12. The van der Waals surface area contributed by atoms with Crippen molar-refractivity contribution in [2.45, 2.75) is 20.3 Å². The van der Waals surface area contributed by atoms with E-state index in [0.717, 1.165) is 13.2 Å². The first-order valence-electron chi connectivity index (χ1n) is 9.62. The number of carboxylic acids is 2. The van der Waals surface area contributed by atoms with E-state index in [4.69, 9.17) is 14.9 Å². The molecule has 0 aliphatic rings. The summed E-state index contributed by atoms with van der Waals surface area (Å²) in [6.07, 6.45) is 1.40. The lowest BCUT2D eigenvalue weighted by Gasteiger charge is -2.07. The van der Waals surface area contributed by atoms with E-state index in [9.17, 15) is 14.4 Å². The first kappa shape index (κ1) is 22.8. The van der Waals surface area contributed by atoms with Gasteiger partial charge in [-0.1, -0.05) is 42.5 Å². The molecule has 0 amide bonds. The lowest BCUT2D eigenvalue weighted by molar-refractivity contribution is -0.154. The van der Waals surface area contributed by atoms with E-state index >= 15 is 0 Å². The van der Waals surface area contributed by atoms with Crippen LogP contribution in [0.4, 0.5) is 0 Å². The molecule has 0 unspecified atom stereocenters. The second-order valence-electron chi connectivity index (χ2n) is 6.45. The molecular formula is C23H25NO6. The summed E-state index contributed by atoms with van der Waals surface area (Å²) in [7, 11) is 0. The molecule has 3 rings (SSSR count). The monoisotopic (exact) mass is 411 g/mol. The molecule has 1 aromatic heterocycles. The van der Waals surface area contributed by atoms with Crippen molar-refractivity contribution >= 4 is 28.6 Å². The summed E-state index contributed by atoms with van der Waals surface area (Å²) in [6, 6.07) is 13.9. The second kappa shape index (κ2) is 10.9. The predicted octanol–water partition coefficient (Wildman–Crippen LogP) is 3.77. The van der Waals surface area contributed by atoms with Crippen LogP contribution in [0.1, 0.15) is 35.3 Å². The maximum Gasteiger partial charge on any atom is 0.318 e. The average Bonchev–Trinajstić information content (AvgIpc) is 3.15. The van der Waals surface area contributed by atoms with Gasteiger partial charge in [-0.15, -0.1) is 0 Å². The molecule has 2 aromatic carbocycles. The minimum Gasteiger partial charge on any atom is -0.481 e. The minimum absolute atomic E-state index is 0.159. The third-order valence-corrected chi connectivity index (χ3v) is 4.51. The molecule has 0 spiro atoms. The van der Waals surface area contributed by atoms with Crippen LogP contribution >= 0.6 is 0 Å². The van der Waals surface area contributed by atoms with Crippen molar-refractivity contribution in [1.29, 1.82) is 0 Å². The maximum absolute atomic E-state index is 12.7. The van der Waals surface area contributed by atoms with Gasteiger partial charge in [-0.25, -0.2) is 0 Å². The van der Waals surface area contributed by atoms with Gasteiger partial charge in [0.05, 0.1) is 5.52 Å². The zero-order valence-electron chi connectivity index (χ0n) is 16.9. The summed E-state index contributed by atoms with van der Waals surface area (Å²) in [6.45, 7) is 5.67. The third kappa shape index (κ3) is 5.55. The lowest BCUT2D eigenvalue weighted by atomic mass is 9.96. The molecule has 1 heterocycles. The topological polar surface area (TPSA) is 117 Å². The van der Waals surface area contributed by atoms with Gasteiger partial charge >= 0.3 is 11.9 Å². The Balaban J connectivity index is 0.000000575. The molecule has 158 valence electrons. The Hall–Kier alpha value is -3.45. The van der Waals surface area contributed by atoms with Gasteiger partial charge in [-0.05, 0) is 31.9 Å². The highest BCUT2D eigenvalue weighted by Crippen LogP contribution is 2.26. The van der Waals surface area contributed by atoms with Crippen LogP contribution in [0, 0.1) is 5.92 Å². The van der Waals surface area contributed by atoms with Crippen LogP contribution in [0.25, 0.3) is 10.9 Å². The number of ether oxygens (including phenoxy) is 1. The van der Waals surface area contributed by atoms with E-state index in [1.807, 2.05) is 19.9 Å². The van der Waals surface area contributed by atoms with Gasteiger partial charge in [-0.3, -0.25) is 14.4 Å². The number of aromatic nitrogens is 1. The van der Waals surface area contributed by atoms with Crippen LogP contribution in [0.2, 0.25) is 0 Å². The van der Waals surface area contributed by atoms with Crippen LogP contribution in [0.3, 0.4) is 0 Å². The van der Waals surface area contributed by atoms with Crippen molar-refractivity contribution in [2.24, 2.45) is 5.92 Å². The van der Waals surface area contributed by atoms with Crippen molar-refractivity contribution in [1.82, 2.24) is 4.98 Å². The van der Waals surface area contributed by atoms with Crippen LogP contribution in [-0.4, -0.2) is 46.1 Å². The fraction of sp³-hybridized carbons (Fsp3) is 0.261. The van der Waals surface area contributed by atoms with Crippen molar-refractivity contribution in [3.63, 3.8) is 0 Å². The molecular weight excluding hydrogens is 386 g/mol. The molecule has 3 N–H and O–H groups in total. The number of carbonyl (C=O) groups excluding carboxylic acids is 1. The number of aliphatic carboxylic acids is 2. The number of ketones is 1. The Bertz CT molecular complexity index is 993. The van der Waals surface area contributed by atoms with E-state index in [2.05, 4.69) is 4.98 Å². The van der Waals surface area contributed by atoms with Crippen LogP contribution < -0.4 is 0 Å². The number of H-pyrrole nitrogens is 1. The molecule has 0 aliphatic carbocycles. The molecule has 30 heavy (non-hydrogen) atoms. The van der Waals surface area contributed by atoms with Gasteiger partial charge < -0.3 is 19.9 Å². The smallest absolute Gasteiger partial charge is 0.318 e. The van der Waals surface area contributed by atoms with Gasteiger partial charge in [-0.2, -0.15) is 0 Å². The molecule has 0 bridgehead atoms. The first-order chi connectivity index (χ1) is 14.4. The van der Waals surface area contributed by atoms with Gasteiger partial charge in [0.15, 0.2) is 11.7 Å². The van der Waals surface area contributed by atoms with E-state index < -0.39 is 17.9 Å². The van der Waals surface area contributed by atoms with E-state index in [1.165, 1.54) is 0 Å². The van der Waals surface area contributed by atoms with E-state index in [1.54, 1.807) is 48.7 Å². The number of carbonyl (C=O) groups is 3. The molecule has 7 heteroatoms. The Morgan fingerprint density at radius 3 is 2.10 bits per heavy atom. The molecule has 0 fully saturated rings. The quantitative estimate of drug-likeness (QED) is 0.384. The SMILES string of the molecule is CCOCC.O=C(c1ccccc1)c1cccc2c(CC(C(=O)O)C(=O)O)c[nH]c12.